The predicted octanol–water partition coefficient (Wildman–Crippen LogP) is 1.82. The second-order valence-corrected chi connectivity index (χ2v) is 5.25. The summed E-state index contributed by atoms with van der Waals surface area (Å²) in [4.78, 5) is 2.39. The van der Waals surface area contributed by atoms with Crippen LogP contribution in [0.5, 0.6) is 0 Å². The second-order valence-electron chi connectivity index (χ2n) is 5.25. The Kier molecular flexibility index (Phi) is 4.61. The summed E-state index contributed by atoms with van der Waals surface area (Å²) in [5.41, 5.74) is 2.44. The zero-order valence-electron chi connectivity index (χ0n) is 11.0. The van der Waals surface area contributed by atoms with Crippen LogP contribution in [-0.2, 0) is 6.42 Å². The number of benzene rings is 1. The van der Waals surface area contributed by atoms with Crippen molar-refractivity contribution in [2.45, 2.75) is 32.3 Å². The molecule has 1 heterocycles. The van der Waals surface area contributed by atoms with Crippen LogP contribution in [0.4, 0.5) is 5.69 Å². The summed E-state index contributed by atoms with van der Waals surface area (Å²) < 4.78 is 0. The Labute approximate surface area is 109 Å². The van der Waals surface area contributed by atoms with Crippen molar-refractivity contribution in [3.8, 4) is 0 Å². The van der Waals surface area contributed by atoms with Crippen LogP contribution in [0.25, 0.3) is 0 Å². The maximum atomic E-state index is 10.1. The molecule has 18 heavy (non-hydrogen) atoms. The molecule has 1 aromatic rings. The van der Waals surface area contributed by atoms with E-state index < -0.39 is 6.10 Å². The minimum atomic E-state index is -0.473. The molecule has 0 radical (unpaired) electrons. The quantitative estimate of drug-likeness (QED) is 0.836. The molecule has 1 saturated heterocycles. The molecule has 0 aliphatic carbocycles. The molecule has 1 aliphatic heterocycles. The van der Waals surface area contributed by atoms with E-state index in [0.29, 0.717) is 6.42 Å². The average Bonchev–Trinajstić information content (AvgIpc) is 2.92. The minimum absolute atomic E-state index is 0.0348. The van der Waals surface area contributed by atoms with Crippen molar-refractivity contribution in [3.05, 3.63) is 29.8 Å². The lowest BCUT2D eigenvalue weighted by Crippen LogP contribution is -2.25. The van der Waals surface area contributed by atoms with Crippen molar-refractivity contribution in [2.75, 3.05) is 24.6 Å². The Morgan fingerprint density at radius 3 is 2.56 bits per heavy atom. The molecule has 0 bridgehead atoms. The summed E-state index contributed by atoms with van der Waals surface area (Å²) in [6, 6.07) is 8.29. The van der Waals surface area contributed by atoms with Gasteiger partial charge in [-0.3, -0.25) is 0 Å². The number of para-hydroxylation sites is 1. The SMILES string of the molecule is CC(CO)C(O)Cc1ccccc1N1CCCC1. The lowest BCUT2D eigenvalue weighted by molar-refractivity contribution is 0.0776. The number of aliphatic hydroxyl groups is 2. The highest BCUT2D eigenvalue weighted by Crippen LogP contribution is 2.26. The van der Waals surface area contributed by atoms with Gasteiger partial charge in [-0.2, -0.15) is 0 Å². The standard InChI is InChI=1S/C15H23NO2/c1-12(11-17)15(18)10-13-6-2-3-7-14(13)16-8-4-5-9-16/h2-3,6-7,12,15,17-18H,4-5,8-11H2,1H3. The number of anilines is 1. The molecule has 1 aliphatic rings. The van der Waals surface area contributed by atoms with Gasteiger partial charge in [0.1, 0.15) is 0 Å². The van der Waals surface area contributed by atoms with Crippen LogP contribution in [0.2, 0.25) is 0 Å². The van der Waals surface area contributed by atoms with E-state index in [2.05, 4.69) is 23.1 Å². The molecule has 1 aromatic carbocycles. The number of aliphatic hydroxyl groups excluding tert-OH is 2. The fourth-order valence-corrected chi connectivity index (χ4v) is 2.50. The zero-order valence-corrected chi connectivity index (χ0v) is 11.0. The molecule has 2 rings (SSSR count). The molecule has 100 valence electrons. The Morgan fingerprint density at radius 2 is 1.89 bits per heavy atom. The second kappa shape index (κ2) is 6.21. The van der Waals surface area contributed by atoms with Crippen molar-refractivity contribution in [3.63, 3.8) is 0 Å². The fourth-order valence-electron chi connectivity index (χ4n) is 2.50. The lowest BCUT2D eigenvalue weighted by Gasteiger charge is -2.24. The predicted molar refractivity (Wildman–Crippen MR) is 73.8 cm³/mol. The summed E-state index contributed by atoms with van der Waals surface area (Å²) in [6.45, 7) is 4.14. The molecule has 0 amide bonds. The topological polar surface area (TPSA) is 43.7 Å². The van der Waals surface area contributed by atoms with Crippen molar-refractivity contribution in [1.82, 2.24) is 0 Å². The third kappa shape index (κ3) is 3.03. The number of nitrogens with zero attached hydrogens (tertiary/aromatic N) is 1. The van der Waals surface area contributed by atoms with Gasteiger partial charge >= 0.3 is 0 Å². The van der Waals surface area contributed by atoms with E-state index in [0.717, 1.165) is 13.1 Å². The molecule has 0 spiro atoms. The van der Waals surface area contributed by atoms with Gasteiger partial charge in [0.05, 0.1) is 6.10 Å². The highest BCUT2D eigenvalue weighted by Gasteiger charge is 2.19. The first-order valence-electron chi connectivity index (χ1n) is 6.84. The third-order valence-corrected chi connectivity index (χ3v) is 3.81. The van der Waals surface area contributed by atoms with Gasteiger partial charge in [-0.05, 0) is 24.5 Å². The van der Waals surface area contributed by atoms with Crippen LogP contribution in [0.1, 0.15) is 25.3 Å². The number of hydrogen-bond donors (Lipinski definition) is 2. The van der Waals surface area contributed by atoms with Crippen LogP contribution >= 0.6 is 0 Å². The van der Waals surface area contributed by atoms with Crippen molar-refractivity contribution >= 4 is 5.69 Å². The van der Waals surface area contributed by atoms with E-state index in [4.69, 9.17) is 5.11 Å². The van der Waals surface area contributed by atoms with Crippen LogP contribution in [0, 0.1) is 5.92 Å². The van der Waals surface area contributed by atoms with Gasteiger partial charge in [-0.25, -0.2) is 0 Å². The van der Waals surface area contributed by atoms with Gasteiger partial charge in [0, 0.05) is 37.7 Å². The van der Waals surface area contributed by atoms with Gasteiger partial charge < -0.3 is 15.1 Å². The highest BCUT2D eigenvalue weighted by atomic mass is 16.3. The number of rotatable bonds is 5. The van der Waals surface area contributed by atoms with Crippen molar-refractivity contribution in [1.29, 1.82) is 0 Å². The summed E-state index contributed by atoms with van der Waals surface area (Å²) in [6.07, 6.45) is 2.65. The van der Waals surface area contributed by atoms with E-state index in [1.807, 2.05) is 13.0 Å². The van der Waals surface area contributed by atoms with Crippen molar-refractivity contribution < 1.29 is 10.2 Å². The van der Waals surface area contributed by atoms with Gasteiger partial charge in [-0.1, -0.05) is 25.1 Å². The first kappa shape index (κ1) is 13.4. The molecule has 0 aromatic heterocycles. The first-order chi connectivity index (χ1) is 8.72. The van der Waals surface area contributed by atoms with Crippen LogP contribution in [0.3, 0.4) is 0 Å². The van der Waals surface area contributed by atoms with E-state index in [1.54, 1.807) is 0 Å². The van der Waals surface area contributed by atoms with E-state index in [1.165, 1.54) is 24.1 Å². The Balaban J connectivity index is 2.12. The Hall–Kier alpha value is -1.06. The minimum Gasteiger partial charge on any atom is -0.396 e. The zero-order chi connectivity index (χ0) is 13.0. The summed E-state index contributed by atoms with van der Waals surface area (Å²) in [7, 11) is 0. The molecule has 3 heteroatoms. The average molecular weight is 249 g/mol. The number of hydrogen-bond acceptors (Lipinski definition) is 3. The summed E-state index contributed by atoms with van der Waals surface area (Å²) in [5, 5.41) is 19.2. The molecule has 2 unspecified atom stereocenters. The van der Waals surface area contributed by atoms with Gasteiger partial charge in [0.25, 0.3) is 0 Å². The van der Waals surface area contributed by atoms with Crippen LogP contribution in [0.15, 0.2) is 24.3 Å². The molecular formula is C15H23NO2. The van der Waals surface area contributed by atoms with E-state index >= 15 is 0 Å². The summed E-state index contributed by atoms with van der Waals surface area (Å²) in [5.74, 6) is -0.0726. The molecule has 2 atom stereocenters. The smallest absolute Gasteiger partial charge is 0.0628 e. The molecular weight excluding hydrogens is 226 g/mol. The Morgan fingerprint density at radius 1 is 1.22 bits per heavy atom. The molecule has 1 fully saturated rings. The lowest BCUT2D eigenvalue weighted by atomic mass is 9.97. The normalized spacial score (nSPS) is 18.9. The molecule has 3 nitrogen and oxygen atoms in total. The maximum absolute atomic E-state index is 10.1. The molecule has 0 saturated carbocycles. The molecule has 2 N–H and O–H groups in total. The third-order valence-electron chi connectivity index (χ3n) is 3.81. The van der Waals surface area contributed by atoms with Gasteiger partial charge in [0.15, 0.2) is 0 Å². The fraction of sp³-hybridized carbons (Fsp3) is 0.600. The van der Waals surface area contributed by atoms with E-state index in [-0.39, 0.29) is 12.5 Å². The van der Waals surface area contributed by atoms with Crippen LogP contribution < -0.4 is 4.90 Å². The highest BCUT2D eigenvalue weighted by molar-refractivity contribution is 5.54. The first-order valence-corrected chi connectivity index (χ1v) is 6.84. The Bertz CT molecular complexity index is 375. The maximum Gasteiger partial charge on any atom is 0.0628 e. The van der Waals surface area contributed by atoms with Crippen LogP contribution in [-0.4, -0.2) is 36.0 Å². The van der Waals surface area contributed by atoms with E-state index in [9.17, 15) is 5.11 Å². The van der Waals surface area contributed by atoms with Gasteiger partial charge in [0.2, 0.25) is 0 Å². The summed E-state index contributed by atoms with van der Waals surface area (Å²) >= 11 is 0. The largest absolute Gasteiger partial charge is 0.396 e. The van der Waals surface area contributed by atoms with Gasteiger partial charge in [-0.15, -0.1) is 0 Å². The monoisotopic (exact) mass is 249 g/mol. The van der Waals surface area contributed by atoms with Crippen molar-refractivity contribution in [2.24, 2.45) is 5.92 Å².